The minimum atomic E-state index is -0.296. The molecular weight excluding hydrogens is 392 g/mol. The molecule has 0 saturated heterocycles. The van der Waals surface area contributed by atoms with E-state index in [0.717, 1.165) is 27.8 Å². The fourth-order valence-corrected chi connectivity index (χ4v) is 3.46. The molecular formula is C30H24O2. The van der Waals surface area contributed by atoms with Gasteiger partial charge in [0.15, 0.2) is 0 Å². The van der Waals surface area contributed by atoms with Crippen LogP contribution in [0.5, 0.6) is 0 Å². The Labute approximate surface area is 189 Å². The molecule has 0 N–H and O–H groups in total. The van der Waals surface area contributed by atoms with Gasteiger partial charge in [-0.25, -0.2) is 0 Å². The van der Waals surface area contributed by atoms with Gasteiger partial charge < -0.3 is 4.74 Å². The highest BCUT2D eigenvalue weighted by molar-refractivity contribution is 5.83. The van der Waals surface area contributed by atoms with Gasteiger partial charge in [-0.1, -0.05) is 121 Å². The number of carbonyl (C=O) groups excluding carboxylic acids is 1. The third kappa shape index (κ3) is 5.93. The van der Waals surface area contributed by atoms with Gasteiger partial charge in [-0.05, 0) is 40.0 Å². The molecule has 0 atom stereocenters. The van der Waals surface area contributed by atoms with Crippen LogP contribution in [0.15, 0.2) is 133 Å². The van der Waals surface area contributed by atoms with Gasteiger partial charge in [0.1, 0.15) is 5.76 Å². The van der Waals surface area contributed by atoms with Crippen molar-refractivity contribution >= 4 is 17.6 Å². The monoisotopic (exact) mass is 416 g/mol. The second kappa shape index (κ2) is 10.7. The Bertz CT molecular complexity index is 1150. The fourth-order valence-electron chi connectivity index (χ4n) is 3.46. The van der Waals surface area contributed by atoms with Crippen molar-refractivity contribution in [1.82, 2.24) is 0 Å². The molecule has 2 heteroatoms. The lowest BCUT2D eigenvalue weighted by Gasteiger charge is -2.12. The average molecular weight is 417 g/mol. The summed E-state index contributed by atoms with van der Waals surface area (Å²) in [6, 6.07) is 39.8. The van der Waals surface area contributed by atoms with Crippen molar-refractivity contribution < 1.29 is 9.53 Å². The van der Waals surface area contributed by atoms with Crippen molar-refractivity contribution in [2.24, 2.45) is 0 Å². The molecule has 32 heavy (non-hydrogen) atoms. The zero-order valence-electron chi connectivity index (χ0n) is 17.7. The summed E-state index contributed by atoms with van der Waals surface area (Å²) < 4.78 is 5.88. The van der Waals surface area contributed by atoms with Gasteiger partial charge in [0.2, 0.25) is 0 Å². The number of esters is 1. The molecule has 2 nitrogen and oxygen atoms in total. The molecule has 0 aliphatic rings. The molecule has 4 aromatic rings. The maximum absolute atomic E-state index is 12.8. The first kappa shape index (κ1) is 21.1. The van der Waals surface area contributed by atoms with E-state index in [0.29, 0.717) is 5.76 Å². The summed E-state index contributed by atoms with van der Waals surface area (Å²) in [5.74, 6) is 0.204. The van der Waals surface area contributed by atoms with E-state index in [1.165, 1.54) is 0 Å². The van der Waals surface area contributed by atoms with Gasteiger partial charge in [0.25, 0.3) is 0 Å². The lowest BCUT2D eigenvalue weighted by Crippen LogP contribution is -2.07. The smallest absolute Gasteiger partial charge is 0.315 e. The SMILES string of the molecule is O=C(Cc1ccccc1)OC(=Cc1ccccc1)C=C(c1ccccc1)c1ccccc1. The zero-order chi connectivity index (χ0) is 22.0. The molecule has 0 unspecified atom stereocenters. The number of rotatable bonds is 7. The molecule has 4 aromatic carbocycles. The predicted molar refractivity (Wildman–Crippen MR) is 131 cm³/mol. The van der Waals surface area contributed by atoms with Crippen LogP contribution in [0.25, 0.3) is 11.6 Å². The quantitative estimate of drug-likeness (QED) is 0.185. The van der Waals surface area contributed by atoms with E-state index < -0.39 is 0 Å². The van der Waals surface area contributed by atoms with E-state index in [2.05, 4.69) is 24.3 Å². The van der Waals surface area contributed by atoms with Crippen molar-refractivity contribution in [3.63, 3.8) is 0 Å². The van der Waals surface area contributed by atoms with E-state index in [1.54, 1.807) is 0 Å². The number of carbonyl (C=O) groups is 1. The number of benzene rings is 4. The van der Waals surface area contributed by atoms with E-state index >= 15 is 0 Å². The highest BCUT2D eigenvalue weighted by Gasteiger charge is 2.11. The maximum atomic E-state index is 12.8. The summed E-state index contributed by atoms with van der Waals surface area (Å²) in [5.41, 5.74) is 4.98. The second-order valence-corrected chi connectivity index (χ2v) is 7.38. The Balaban J connectivity index is 1.73. The van der Waals surface area contributed by atoms with Gasteiger partial charge in [-0.3, -0.25) is 4.79 Å². The largest absolute Gasteiger partial charge is 0.426 e. The van der Waals surface area contributed by atoms with E-state index in [1.807, 2.05) is 109 Å². The Kier molecular flexibility index (Phi) is 7.07. The van der Waals surface area contributed by atoms with Crippen LogP contribution in [0, 0.1) is 0 Å². The summed E-state index contributed by atoms with van der Waals surface area (Å²) >= 11 is 0. The van der Waals surface area contributed by atoms with E-state index in [-0.39, 0.29) is 12.4 Å². The number of hydrogen-bond acceptors (Lipinski definition) is 2. The highest BCUT2D eigenvalue weighted by atomic mass is 16.5. The van der Waals surface area contributed by atoms with Crippen LogP contribution in [0.3, 0.4) is 0 Å². The van der Waals surface area contributed by atoms with Gasteiger partial charge in [0.05, 0.1) is 6.42 Å². The Hall–Kier alpha value is -4.17. The fraction of sp³-hybridized carbons (Fsp3) is 0.0333. The Morgan fingerprint density at radius 3 is 1.62 bits per heavy atom. The average Bonchev–Trinajstić information content (AvgIpc) is 2.85. The molecule has 156 valence electrons. The van der Waals surface area contributed by atoms with Crippen molar-refractivity contribution in [2.45, 2.75) is 6.42 Å². The van der Waals surface area contributed by atoms with Crippen molar-refractivity contribution in [2.75, 3.05) is 0 Å². The van der Waals surface area contributed by atoms with Gasteiger partial charge in [-0.15, -0.1) is 0 Å². The van der Waals surface area contributed by atoms with Crippen LogP contribution in [-0.4, -0.2) is 5.97 Å². The summed E-state index contributed by atoms with van der Waals surface area (Å²) in [6.45, 7) is 0. The topological polar surface area (TPSA) is 26.3 Å². The van der Waals surface area contributed by atoms with Gasteiger partial charge in [-0.2, -0.15) is 0 Å². The molecule has 0 aliphatic heterocycles. The number of allylic oxidation sites excluding steroid dienone is 1. The van der Waals surface area contributed by atoms with Crippen molar-refractivity contribution in [3.8, 4) is 0 Å². The molecule has 0 fully saturated rings. The second-order valence-electron chi connectivity index (χ2n) is 7.38. The Morgan fingerprint density at radius 2 is 1.09 bits per heavy atom. The molecule has 0 amide bonds. The molecule has 4 rings (SSSR count). The standard InChI is InChI=1S/C30H24O2/c31-30(22-25-15-7-2-8-16-25)32-28(21-24-13-5-1-6-14-24)23-29(26-17-9-3-10-18-26)27-19-11-4-12-20-27/h1-21,23H,22H2. The molecule has 0 aliphatic carbocycles. The maximum Gasteiger partial charge on any atom is 0.315 e. The highest BCUT2D eigenvalue weighted by Crippen LogP contribution is 2.26. The third-order valence-corrected chi connectivity index (χ3v) is 4.99. The third-order valence-electron chi connectivity index (χ3n) is 4.99. The van der Waals surface area contributed by atoms with E-state index in [4.69, 9.17) is 4.74 Å². The van der Waals surface area contributed by atoms with Crippen LogP contribution >= 0.6 is 0 Å². The van der Waals surface area contributed by atoms with Gasteiger partial charge >= 0.3 is 5.97 Å². The minimum absolute atomic E-state index is 0.215. The summed E-state index contributed by atoms with van der Waals surface area (Å²) in [6.07, 6.45) is 4.06. The molecule has 0 saturated carbocycles. The van der Waals surface area contributed by atoms with E-state index in [9.17, 15) is 4.79 Å². The van der Waals surface area contributed by atoms with Crippen LogP contribution in [0.1, 0.15) is 22.3 Å². The molecule has 0 aromatic heterocycles. The van der Waals surface area contributed by atoms with Crippen LogP contribution in [0.2, 0.25) is 0 Å². The predicted octanol–water partition coefficient (Wildman–Crippen LogP) is 6.95. The normalized spacial score (nSPS) is 10.9. The molecule has 0 radical (unpaired) electrons. The molecule has 0 spiro atoms. The summed E-state index contributed by atoms with van der Waals surface area (Å²) in [7, 11) is 0. The first-order chi connectivity index (χ1) is 15.8. The summed E-state index contributed by atoms with van der Waals surface area (Å²) in [4.78, 5) is 12.8. The minimum Gasteiger partial charge on any atom is -0.426 e. The molecule has 0 heterocycles. The van der Waals surface area contributed by atoms with Crippen LogP contribution in [-0.2, 0) is 16.0 Å². The molecule has 0 bridgehead atoms. The lowest BCUT2D eigenvalue weighted by atomic mass is 9.97. The lowest BCUT2D eigenvalue weighted by molar-refractivity contribution is -0.138. The first-order valence-electron chi connectivity index (χ1n) is 10.6. The van der Waals surface area contributed by atoms with Crippen LogP contribution < -0.4 is 0 Å². The first-order valence-corrected chi connectivity index (χ1v) is 10.6. The number of ether oxygens (including phenoxy) is 1. The van der Waals surface area contributed by atoms with Crippen molar-refractivity contribution in [3.05, 3.63) is 155 Å². The van der Waals surface area contributed by atoms with Crippen molar-refractivity contribution in [1.29, 1.82) is 0 Å². The van der Waals surface area contributed by atoms with Gasteiger partial charge in [0, 0.05) is 0 Å². The Morgan fingerprint density at radius 1 is 0.625 bits per heavy atom. The number of hydrogen-bond donors (Lipinski definition) is 0. The zero-order valence-corrected chi connectivity index (χ0v) is 17.7. The summed E-state index contributed by atoms with van der Waals surface area (Å²) in [5, 5.41) is 0. The van der Waals surface area contributed by atoms with Crippen LogP contribution in [0.4, 0.5) is 0 Å².